The van der Waals surface area contributed by atoms with E-state index < -0.39 is 11.7 Å². The van der Waals surface area contributed by atoms with E-state index in [4.69, 9.17) is 4.98 Å². The maximum absolute atomic E-state index is 13.1. The van der Waals surface area contributed by atoms with Gasteiger partial charge in [0.2, 0.25) is 0 Å². The number of likely N-dealkylation sites (N-methyl/N-ethyl adjacent to an activating group) is 1. The number of alkyl halides is 3. The molecule has 4 unspecified atom stereocenters. The van der Waals surface area contributed by atoms with Gasteiger partial charge in [-0.15, -0.1) is 11.3 Å². The van der Waals surface area contributed by atoms with E-state index >= 15 is 0 Å². The zero-order chi connectivity index (χ0) is 20.3. The number of halogens is 3. The summed E-state index contributed by atoms with van der Waals surface area (Å²) in [6, 6.07) is 13.6. The second-order valence-corrected chi connectivity index (χ2v) is 9.54. The van der Waals surface area contributed by atoms with E-state index in [0.29, 0.717) is 23.5 Å². The summed E-state index contributed by atoms with van der Waals surface area (Å²) in [6.45, 7) is 2.09. The predicted molar refractivity (Wildman–Crippen MR) is 110 cm³/mol. The minimum Gasteiger partial charge on any atom is -0.300 e. The molecule has 0 amide bonds. The van der Waals surface area contributed by atoms with Crippen LogP contribution in [0.2, 0.25) is 0 Å². The molecule has 6 heteroatoms. The van der Waals surface area contributed by atoms with Crippen molar-refractivity contribution < 1.29 is 13.2 Å². The number of hydrogen-bond acceptors (Lipinski definition) is 3. The summed E-state index contributed by atoms with van der Waals surface area (Å²) in [5.74, 6) is 0.570. The average molecular weight is 417 g/mol. The van der Waals surface area contributed by atoms with Gasteiger partial charge >= 0.3 is 6.18 Å². The molecule has 1 aromatic heterocycles. The lowest BCUT2D eigenvalue weighted by atomic mass is 9.76. The molecule has 0 radical (unpaired) electrons. The molecule has 4 atom stereocenters. The molecule has 2 aliphatic heterocycles. The number of benzene rings is 2. The number of aromatic nitrogens is 1. The summed E-state index contributed by atoms with van der Waals surface area (Å²) in [6.07, 6.45) is -0.961. The molecule has 152 valence electrons. The number of hydrogen-bond donors (Lipinski definition) is 0. The molecule has 0 saturated carbocycles. The fourth-order valence-electron chi connectivity index (χ4n) is 5.22. The van der Waals surface area contributed by atoms with Crippen LogP contribution in [0, 0.1) is 6.92 Å². The maximum atomic E-state index is 13.1. The van der Waals surface area contributed by atoms with Crippen LogP contribution in [0.25, 0.3) is 10.2 Å². The van der Waals surface area contributed by atoms with Gasteiger partial charge in [-0.25, -0.2) is 4.98 Å². The number of fused-ring (bicyclic) bond motifs is 3. The fourth-order valence-corrected chi connectivity index (χ4v) is 6.40. The quantitative estimate of drug-likeness (QED) is 0.483. The van der Waals surface area contributed by atoms with E-state index in [0.717, 1.165) is 22.5 Å². The van der Waals surface area contributed by atoms with Crippen LogP contribution in [0.3, 0.4) is 0 Å². The van der Waals surface area contributed by atoms with E-state index in [1.165, 1.54) is 29.7 Å². The lowest BCUT2D eigenvalue weighted by Crippen LogP contribution is -2.44. The number of thiazole rings is 1. The third kappa shape index (κ3) is 3.26. The maximum Gasteiger partial charge on any atom is 0.416 e. The summed E-state index contributed by atoms with van der Waals surface area (Å²) in [4.78, 5) is 7.22. The van der Waals surface area contributed by atoms with Gasteiger partial charge in [-0.3, -0.25) is 4.90 Å². The van der Waals surface area contributed by atoms with Gasteiger partial charge in [-0.05, 0) is 62.9 Å². The second kappa shape index (κ2) is 6.81. The number of aryl methyl sites for hydroxylation is 1. The molecule has 0 aliphatic carbocycles. The molecule has 3 heterocycles. The van der Waals surface area contributed by atoms with Gasteiger partial charge in [0.25, 0.3) is 0 Å². The highest BCUT2D eigenvalue weighted by atomic mass is 32.1. The molecule has 2 aromatic carbocycles. The van der Waals surface area contributed by atoms with Gasteiger partial charge in [0, 0.05) is 18.0 Å². The van der Waals surface area contributed by atoms with Crippen molar-refractivity contribution in [2.75, 3.05) is 7.05 Å². The highest BCUT2D eigenvalue weighted by molar-refractivity contribution is 7.18. The number of nitrogens with zero attached hydrogens (tertiary/aromatic N) is 2. The summed E-state index contributed by atoms with van der Waals surface area (Å²) < 4.78 is 40.2. The van der Waals surface area contributed by atoms with Crippen molar-refractivity contribution in [2.45, 2.75) is 56.3 Å². The lowest BCUT2D eigenvalue weighted by Gasteiger charge is -2.42. The van der Waals surface area contributed by atoms with Crippen LogP contribution in [-0.4, -0.2) is 29.0 Å². The Kier molecular flexibility index (Phi) is 4.48. The predicted octanol–water partition coefficient (Wildman–Crippen LogP) is 6.36. The molecule has 2 aliphatic rings. The van der Waals surface area contributed by atoms with Crippen molar-refractivity contribution in [1.82, 2.24) is 9.88 Å². The van der Waals surface area contributed by atoms with Gasteiger partial charge < -0.3 is 0 Å². The van der Waals surface area contributed by atoms with Crippen LogP contribution in [0.5, 0.6) is 0 Å². The third-order valence-corrected chi connectivity index (χ3v) is 7.93. The van der Waals surface area contributed by atoms with Crippen LogP contribution < -0.4 is 0 Å². The van der Waals surface area contributed by atoms with E-state index in [-0.39, 0.29) is 5.92 Å². The Balaban J connectivity index is 1.59. The van der Waals surface area contributed by atoms with Crippen molar-refractivity contribution in [3.63, 3.8) is 0 Å². The molecule has 0 spiro atoms. The highest BCUT2D eigenvalue weighted by Gasteiger charge is 2.47. The Morgan fingerprint density at radius 1 is 1.07 bits per heavy atom. The van der Waals surface area contributed by atoms with E-state index in [9.17, 15) is 13.2 Å². The minimum absolute atomic E-state index is 0.216. The molecule has 3 aromatic rings. The van der Waals surface area contributed by atoms with Crippen LogP contribution in [-0.2, 0) is 6.18 Å². The molecule has 2 bridgehead atoms. The Labute approximate surface area is 172 Å². The van der Waals surface area contributed by atoms with Crippen LogP contribution >= 0.6 is 11.3 Å². The Bertz CT molecular complexity index is 1040. The molecule has 0 N–H and O–H groups in total. The minimum atomic E-state index is -4.34. The Morgan fingerprint density at radius 3 is 2.55 bits per heavy atom. The SMILES string of the molecule is Cc1ccc(C2CC3CCC(C2c2nc4cc(C(F)(F)F)ccc4s2)N3C)cc1. The second-order valence-electron chi connectivity index (χ2n) is 8.48. The summed E-state index contributed by atoms with van der Waals surface area (Å²) >= 11 is 1.56. The van der Waals surface area contributed by atoms with E-state index in [2.05, 4.69) is 43.1 Å². The number of rotatable bonds is 2. The van der Waals surface area contributed by atoms with Crippen molar-refractivity contribution in [3.8, 4) is 0 Å². The molecule has 29 heavy (non-hydrogen) atoms. The average Bonchev–Trinajstić information content (AvgIpc) is 3.19. The van der Waals surface area contributed by atoms with Gasteiger partial charge in [-0.2, -0.15) is 13.2 Å². The zero-order valence-electron chi connectivity index (χ0n) is 16.4. The largest absolute Gasteiger partial charge is 0.416 e. The topological polar surface area (TPSA) is 16.1 Å². The molecule has 2 fully saturated rings. The third-order valence-electron chi connectivity index (χ3n) is 6.79. The van der Waals surface area contributed by atoms with Gasteiger partial charge in [0.15, 0.2) is 0 Å². The highest BCUT2D eigenvalue weighted by Crippen LogP contribution is 2.52. The lowest BCUT2D eigenvalue weighted by molar-refractivity contribution is -0.137. The first-order valence-electron chi connectivity index (χ1n) is 10.1. The molecular weight excluding hydrogens is 393 g/mol. The summed E-state index contributed by atoms with van der Waals surface area (Å²) in [5, 5.41) is 0.974. The molecule has 5 rings (SSSR count). The smallest absolute Gasteiger partial charge is 0.300 e. The first-order valence-corrected chi connectivity index (χ1v) is 10.9. The fraction of sp³-hybridized carbons (Fsp3) is 0.435. The van der Waals surface area contributed by atoms with Gasteiger partial charge in [0.05, 0.1) is 20.8 Å². The molecule has 2 saturated heterocycles. The first-order chi connectivity index (χ1) is 13.8. The van der Waals surface area contributed by atoms with E-state index in [1.807, 2.05) is 0 Å². The summed E-state index contributed by atoms with van der Waals surface area (Å²) in [7, 11) is 2.19. The van der Waals surface area contributed by atoms with Crippen molar-refractivity contribution >= 4 is 21.6 Å². The standard InChI is InChI=1S/C23H23F3N2S/c1-13-3-5-14(6-4-13)17-12-16-8-9-19(28(16)2)21(17)22-27-18-11-15(23(24,25)26)7-10-20(18)29-22/h3-7,10-11,16-17,19,21H,8-9,12H2,1-2H3. The van der Waals surface area contributed by atoms with E-state index in [1.54, 1.807) is 17.4 Å². The van der Waals surface area contributed by atoms with Gasteiger partial charge in [0.1, 0.15) is 0 Å². The molecule has 2 nitrogen and oxygen atoms in total. The Morgan fingerprint density at radius 2 is 1.83 bits per heavy atom. The van der Waals surface area contributed by atoms with Crippen molar-refractivity contribution in [1.29, 1.82) is 0 Å². The first kappa shape index (κ1) is 19.1. The van der Waals surface area contributed by atoms with Crippen LogP contribution in [0.15, 0.2) is 42.5 Å². The van der Waals surface area contributed by atoms with Gasteiger partial charge in [-0.1, -0.05) is 29.8 Å². The zero-order valence-corrected chi connectivity index (χ0v) is 17.2. The van der Waals surface area contributed by atoms with Crippen LogP contribution in [0.4, 0.5) is 13.2 Å². The normalized spacial score (nSPS) is 27.6. The monoisotopic (exact) mass is 416 g/mol. The Hall–Kier alpha value is -1.92. The van der Waals surface area contributed by atoms with Crippen LogP contribution in [0.1, 0.15) is 52.8 Å². The number of piperidine rings is 1. The van der Waals surface area contributed by atoms with Crippen molar-refractivity contribution in [2.24, 2.45) is 0 Å². The molecular formula is C23H23F3N2S. The van der Waals surface area contributed by atoms with Crippen molar-refractivity contribution in [3.05, 3.63) is 64.2 Å². The summed E-state index contributed by atoms with van der Waals surface area (Å²) in [5.41, 5.74) is 2.39.